The number of ether oxygens (including phenoxy) is 1. The van der Waals surface area contributed by atoms with Gasteiger partial charge >= 0.3 is 0 Å². The first kappa shape index (κ1) is 13.9. The Labute approximate surface area is 125 Å². The number of rotatable bonds is 4. The van der Waals surface area contributed by atoms with Crippen LogP contribution in [0.15, 0.2) is 36.4 Å². The summed E-state index contributed by atoms with van der Waals surface area (Å²) in [7, 11) is 0. The van der Waals surface area contributed by atoms with Crippen molar-refractivity contribution in [2.24, 2.45) is 0 Å². The summed E-state index contributed by atoms with van der Waals surface area (Å²) in [6.07, 6.45) is 0. The van der Waals surface area contributed by atoms with Gasteiger partial charge in [0.25, 0.3) is 0 Å². The zero-order chi connectivity index (χ0) is 13.8. The Hall–Kier alpha value is -1.50. The zero-order valence-corrected chi connectivity index (χ0v) is 12.6. The lowest BCUT2D eigenvalue weighted by molar-refractivity contribution is 0.342. The van der Waals surface area contributed by atoms with Gasteiger partial charge in [-0.1, -0.05) is 0 Å². The summed E-state index contributed by atoms with van der Waals surface area (Å²) in [5, 5.41) is 3.22. The van der Waals surface area contributed by atoms with Crippen molar-refractivity contribution in [1.29, 1.82) is 0 Å². The average molecular weight is 372 g/mol. The Morgan fingerprint density at radius 2 is 2.05 bits per heavy atom. The second-order valence-electron chi connectivity index (χ2n) is 3.93. The predicted molar refractivity (Wildman–Crippen MR) is 84.4 cm³/mol. The topological polar surface area (TPSA) is 47.3 Å². The summed E-state index contributed by atoms with van der Waals surface area (Å²) in [5.41, 5.74) is 8.10. The van der Waals surface area contributed by atoms with Crippen molar-refractivity contribution in [2.45, 2.75) is 6.92 Å². The van der Waals surface area contributed by atoms with E-state index in [1.54, 1.807) is 12.1 Å². The van der Waals surface area contributed by atoms with Gasteiger partial charge in [0.2, 0.25) is 0 Å². The molecule has 3 nitrogen and oxygen atoms in total. The molecule has 0 amide bonds. The van der Waals surface area contributed by atoms with E-state index in [2.05, 4.69) is 27.9 Å². The van der Waals surface area contributed by atoms with Crippen LogP contribution in [0.3, 0.4) is 0 Å². The maximum atomic E-state index is 13.0. The predicted octanol–water partition coefficient (Wildman–Crippen LogP) is 4.15. The minimum absolute atomic E-state index is 0.248. The molecular formula is C14H14FIN2O. The lowest BCUT2D eigenvalue weighted by Gasteiger charge is -2.12. The van der Waals surface area contributed by atoms with E-state index >= 15 is 0 Å². The van der Waals surface area contributed by atoms with Gasteiger partial charge in [-0.05, 0) is 59.8 Å². The highest BCUT2D eigenvalue weighted by atomic mass is 127. The van der Waals surface area contributed by atoms with E-state index in [4.69, 9.17) is 10.5 Å². The van der Waals surface area contributed by atoms with Crippen molar-refractivity contribution in [1.82, 2.24) is 0 Å². The summed E-state index contributed by atoms with van der Waals surface area (Å²) in [4.78, 5) is 0. The Morgan fingerprint density at radius 3 is 2.74 bits per heavy atom. The molecule has 0 fully saturated rings. The van der Waals surface area contributed by atoms with E-state index in [0.29, 0.717) is 18.0 Å². The first-order chi connectivity index (χ1) is 9.10. The van der Waals surface area contributed by atoms with Crippen LogP contribution in [0.5, 0.6) is 5.75 Å². The molecule has 0 saturated carbocycles. The van der Waals surface area contributed by atoms with E-state index in [1.807, 2.05) is 19.1 Å². The second kappa shape index (κ2) is 6.10. The standard InChI is InChI=1S/C14H14FIN2O/c1-2-19-14-8-10(4-5-12(14)17)18-13-6-3-9(15)7-11(13)16/h3-8,18H,2,17H2,1H3. The Kier molecular flexibility index (Phi) is 4.47. The van der Waals surface area contributed by atoms with Crippen molar-refractivity contribution in [2.75, 3.05) is 17.7 Å². The van der Waals surface area contributed by atoms with Gasteiger partial charge in [0.15, 0.2) is 0 Å². The number of anilines is 3. The van der Waals surface area contributed by atoms with Crippen molar-refractivity contribution in [3.8, 4) is 5.75 Å². The zero-order valence-electron chi connectivity index (χ0n) is 10.4. The highest BCUT2D eigenvalue weighted by molar-refractivity contribution is 14.1. The van der Waals surface area contributed by atoms with Gasteiger partial charge < -0.3 is 15.8 Å². The van der Waals surface area contributed by atoms with Crippen LogP contribution in [-0.2, 0) is 0 Å². The first-order valence-corrected chi connectivity index (χ1v) is 6.92. The van der Waals surface area contributed by atoms with E-state index < -0.39 is 0 Å². The van der Waals surface area contributed by atoms with Gasteiger partial charge in [0.1, 0.15) is 11.6 Å². The molecule has 0 aliphatic carbocycles. The van der Waals surface area contributed by atoms with E-state index in [9.17, 15) is 4.39 Å². The molecule has 0 aromatic heterocycles. The Balaban J connectivity index is 2.25. The molecule has 0 saturated heterocycles. The van der Waals surface area contributed by atoms with Gasteiger partial charge in [-0.15, -0.1) is 0 Å². The largest absolute Gasteiger partial charge is 0.492 e. The molecule has 3 N–H and O–H groups in total. The third-order valence-corrected chi connectivity index (χ3v) is 3.42. The van der Waals surface area contributed by atoms with Crippen molar-refractivity contribution in [3.63, 3.8) is 0 Å². The number of halogens is 2. The number of nitrogen functional groups attached to an aromatic ring is 1. The minimum atomic E-state index is -0.248. The van der Waals surface area contributed by atoms with Crippen LogP contribution in [0, 0.1) is 9.39 Å². The van der Waals surface area contributed by atoms with Crippen LogP contribution in [0.25, 0.3) is 0 Å². The van der Waals surface area contributed by atoms with Crippen molar-refractivity contribution in [3.05, 3.63) is 45.8 Å². The third kappa shape index (κ3) is 3.50. The molecule has 2 rings (SSSR count). The molecule has 100 valence electrons. The van der Waals surface area contributed by atoms with Gasteiger partial charge in [-0.3, -0.25) is 0 Å². The lowest BCUT2D eigenvalue weighted by atomic mass is 10.2. The molecule has 0 unspecified atom stereocenters. The Bertz CT molecular complexity index is 590. The summed E-state index contributed by atoms with van der Waals surface area (Å²) in [6.45, 7) is 2.46. The van der Waals surface area contributed by atoms with Crippen LogP contribution in [-0.4, -0.2) is 6.61 Å². The highest BCUT2D eigenvalue weighted by Crippen LogP contribution is 2.29. The Morgan fingerprint density at radius 1 is 1.26 bits per heavy atom. The fourth-order valence-electron chi connectivity index (χ4n) is 1.64. The molecule has 2 aromatic rings. The van der Waals surface area contributed by atoms with Gasteiger partial charge in [0, 0.05) is 15.3 Å². The fourth-order valence-corrected chi connectivity index (χ4v) is 2.25. The van der Waals surface area contributed by atoms with Crippen LogP contribution >= 0.6 is 22.6 Å². The molecule has 0 bridgehead atoms. The normalized spacial score (nSPS) is 10.3. The van der Waals surface area contributed by atoms with Gasteiger partial charge in [-0.25, -0.2) is 4.39 Å². The van der Waals surface area contributed by atoms with Crippen molar-refractivity contribution >= 4 is 39.7 Å². The summed E-state index contributed by atoms with van der Waals surface area (Å²) < 4.78 is 19.3. The van der Waals surface area contributed by atoms with Crippen LogP contribution in [0.2, 0.25) is 0 Å². The van der Waals surface area contributed by atoms with Gasteiger partial charge in [-0.2, -0.15) is 0 Å². The maximum absolute atomic E-state index is 13.0. The number of nitrogens with one attached hydrogen (secondary N) is 1. The van der Waals surface area contributed by atoms with Crippen LogP contribution in [0.4, 0.5) is 21.5 Å². The summed E-state index contributed by atoms with van der Waals surface area (Å²) >= 11 is 2.09. The molecule has 19 heavy (non-hydrogen) atoms. The molecule has 0 radical (unpaired) electrons. The van der Waals surface area contributed by atoms with Crippen LogP contribution in [0.1, 0.15) is 6.92 Å². The second-order valence-corrected chi connectivity index (χ2v) is 5.10. The van der Waals surface area contributed by atoms with Crippen molar-refractivity contribution < 1.29 is 9.13 Å². The quantitative estimate of drug-likeness (QED) is 0.626. The lowest BCUT2D eigenvalue weighted by Crippen LogP contribution is -1.99. The average Bonchev–Trinajstić information content (AvgIpc) is 2.37. The molecule has 5 heteroatoms. The smallest absolute Gasteiger partial charge is 0.144 e. The first-order valence-electron chi connectivity index (χ1n) is 5.84. The number of hydrogen-bond acceptors (Lipinski definition) is 3. The van der Waals surface area contributed by atoms with E-state index in [0.717, 1.165) is 14.9 Å². The molecule has 2 aromatic carbocycles. The molecular weight excluding hydrogens is 358 g/mol. The number of benzene rings is 2. The third-order valence-electron chi connectivity index (χ3n) is 2.52. The van der Waals surface area contributed by atoms with Crippen LogP contribution < -0.4 is 15.8 Å². The van der Waals surface area contributed by atoms with E-state index in [1.165, 1.54) is 12.1 Å². The maximum Gasteiger partial charge on any atom is 0.144 e. The number of hydrogen-bond donors (Lipinski definition) is 2. The molecule has 0 spiro atoms. The molecule has 0 atom stereocenters. The minimum Gasteiger partial charge on any atom is -0.492 e. The molecule has 0 aliphatic heterocycles. The number of nitrogens with two attached hydrogens (primary N) is 1. The fraction of sp³-hybridized carbons (Fsp3) is 0.143. The molecule has 0 aliphatic rings. The molecule has 0 heterocycles. The summed E-state index contributed by atoms with van der Waals surface area (Å²) in [5.74, 6) is 0.395. The summed E-state index contributed by atoms with van der Waals surface area (Å²) in [6, 6.07) is 10.1. The highest BCUT2D eigenvalue weighted by Gasteiger charge is 2.05. The monoisotopic (exact) mass is 372 g/mol. The SMILES string of the molecule is CCOc1cc(Nc2ccc(F)cc2I)ccc1N. The van der Waals surface area contributed by atoms with Gasteiger partial charge in [0.05, 0.1) is 18.0 Å². The van der Waals surface area contributed by atoms with E-state index in [-0.39, 0.29) is 5.82 Å².